The molecule has 2 aromatic carbocycles. The van der Waals surface area contributed by atoms with Gasteiger partial charge in [0.1, 0.15) is 6.61 Å². The number of ether oxygens (including phenoxy) is 1. The van der Waals surface area contributed by atoms with E-state index < -0.39 is 16.1 Å². The molecule has 29 heavy (non-hydrogen) atoms. The molecule has 2 heterocycles. The summed E-state index contributed by atoms with van der Waals surface area (Å²) >= 11 is 11.8. The van der Waals surface area contributed by atoms with E-state index in [1.165, 1.54) is 16.4 Å². The molecule has 7 nitrogen and oxygen atoms in total. The Hall–Kier alpha value is -2.00. The number of halogens is 2. The van der Waals surface area contributed by atoms with Gasteiger partial charge in [0.05, 0.1) is 20.6 Å². The highest BCUT2D eigenvalue weighted by molar-refractivity contribution is 7.89. The normalized spacial score (nSPS) is 18.4. The van der Waals surface area contributed by atoms with Crippen LogP contribution in [-0.4, -0.2) is 43.1 Å². The molecule has 2 aliphatic rings. The second kappa shape index (κ2) is 7.68. The van der Waals surface area contributed by atoms with E-state index in [-0.39, 0.29) is 46.4 Å². The predicted octanol–water partition coefficient (Wildman–Crippen LogP) is 4.01. The summed E-state index contributed by atoms with van der Waals surface area (Å²) in [6.07, 6.45) is 0.506. The number of fused-ring (bicyclic) bond motifs is 1. The quantitative estimate of drug-likeness (QED) is 0.753. The number of carbonyl (C=O) groups is 1. The third kappa shape index (κ3) is 3.66. The van der Waals surface area contributed by atoms with Gasteiger partial charge in [-0.2, -0.15) is 4.31 Å². The Labute approximate surface area is 178 Å². The number of phenols is 1. The number of phenolic OH excluding ortho intramolecular Hbond substituents is 1. The summed E-state index contributed by atoms with van der Waals surface area (Å²) in [5.74, 6) is -0.353. The first-order chi connectivity index (χ1) is 13.8. The summed E-state index contributed by atoms with van der Waals surface area (Å²) < 4.78 is 32.6. The molecule has 0 saturated carbocycles. The van der Waals surface area contributed by atoms with E-state index in [4.69, 9.17) is 27.9 Å². The molecule has 2 aromatic rings. The lowest BCUT2D eigenvalue weighted by Gasteiger charge is -2.39. The van der Waals surface area contributed by atoms with Crippen LogP contribution in [0, 0.1) is 0 Å². The van der Waals surface area contributed by atoms with Crippen molar-refractivity contribution in [2.45, 2.75) is 30.4 Å². The smallest absolute Gasteiger partial charge is 0.414 e. The first-order valence-corrected chi connectivity index (χ1v) is 11.2. The minimum atomic E-state index is -3.83. The predicted molar refractivity (Wildman–Crippen MR) is 109 cm³/mol. The number of hydrogen-bond donors (Lipinski definition) is 1. The summed E-state index contributed by atoms with van der Waals surface area (Å²) in [6, 6.07) is 9.74. The van der Waals surface area contributed by atoms with Gasteiger partial charge in [0.2, 0.25) is 10.0 Å². The van der Waals surface area contributed by atoms with Crippen LogP contribution in [0.1, 0.15) is 18.4 Å². The lowest BCUT2D eigenvalue weighted by Crippen LogP contribution is -2.50. The van der Waals surface area contributed by atoms with Crippen molar-refractivity contribution in [2.75, 3.05) is 18.0 Å². The van der Waals surface area contributed by atoms with Crippen molar-refractivity contribution >= 4 is 45.0 Å². The average molecular weight is 457 g/mol. The number of piperidine rings is 1. The minimum absolute atomic E-state index is 0.0773. The van der Waals surface area contributed by atoms with Crippen LogP contribution in [-0.2, 0) is 21.4 Å². The number of anilines is 1. The lowest BCUT2D eigenvalue weighted by atomic mass is 10.0. The molecule has 1 N–H and O–H groups in total. The number of hydrogen-bond acceptors (Lipinski definition) is 5. The van der Waals surface area contributed by atoms with E-state index in [0.29, 0.717) is 12.8 Å². The summed E-state index contributed by atoms with van der Waals surface area (Å²) in [7, 11) is -3.83. The van der Waals surface area contributed by atoms with E-state index >= 15 is 0 Å². The zero-order valence-corrected chi connectivity index (χ0v) is 17.5. The third-order valence-electron chi connectivity index (χ3n) is 5.22. The molecule has 0 bridgehead atoms. The maximum Gasteiger partial charge on any atom is 0.414 e. The number of rotatable bonds is 3. The molecule has 0 spiro atoms. The maximum absolute atomic E-state index is 13.0. The molecule has 0 unspecified atom stereocenters. The zero-order chi connectivity index (χ0) is 20.8. The van der Waals surface area contributed by atoms with E-state index in [2.05, 4.69) is 0 Å². The SMILES string of the molecule is O=C1OCc2ccccc2N1C1CCN(S(=O)(=O)c2cc(Cl)c(O)c(Cl)c2)CC1. The van der Waals surface area contributed by atoms with Gasteiger partial charge >= 0.3 is 6.09 Å². The molecule has 0 radical (unpaired) electrons. The van der Waals surface area contributed by atoms with Crippen LogP contribution >= 0.6 is 23.2 Å². The number of aromatic hydroxyl groups is 1. The largest absolute Gasteiger partial charge is 0.505 e. The van der Waals surface area contributed by atoms with Crippen molar-refractivity contribution in [1.29, 1.82) is 0 Å². The van der Waals surface area contributed by atoms with Gasteiger partial charge in [0.25, 0.3) is 0 Å². The second-order valence-corrected chi connectivity index (χ2v) is 9.68. The summed E-state index contributed by atoms with van der Waals surface area (Å²) in [5, 5.41) is 9.42. The Bertz CT molecular complexity index is 1050. The van der Waals surface area contributed by atoms with E-state index in [1.807, 2.05) is 24.3 Å². The van der Waals surface area contributed by atoms with Gasteiger partial charge in [-0.25, -0.2) is 13.2 Å². The van der Waals surface area contributed by atoms with Crippen molar-refractivity contribution in [3.8, 4) is 5.75 Å². The van der Waals surface area contributed by atoms with Crippen LogP contribution in [0.25, 0.3) is 0 Å². The molecule has 4 rings (SSSR count). The molecule has 0 aliphatic carbocycles. The average Bonchev–Trinajstić information content (AvgIpc) is 2.71. The van der Waals surface area contributed by atoms with Gasteiger partial charge in [-0.15, -0.1) is 0 Å². The first kappa shape index (κ1) is 20.3. The van der Waals surface area contributed by atoms with Crippen LogP contribution < -0.4 is 4.90 Å². The topological polar surface area (TPSA) is 87.2 Å². The van der Waals surface area contributed by atoms with Crippen molar-refractivity contribution < 1.29 is 23.1 Å². The fraction of sp³-hybridized carbons (Fsp3) is 0.316. The van der Waals surface area contributed by atoms with Gasteiger partial charge in [-0.05, 0) is 31.0 Å². The van der Waals surface area contributed by atoms with Gasteiger partial charge in [0, 0.05) is 24.7 Å². The number of benzene rings is 2. The number of para-hydroxylation sites is 1. The van der Waals surface area contributed by atoms with Crippen molar-refractivity contribution in [1.82, 2.24) is 4.31 Å². The van der Waals surface area contributed by atoms with Crippen LogP contribution in [0.3, 0.4) is 0 Å². The van der Waals surface area contributed by atoms with E-state index in [9.17, 15) is 18.3 Å². The Morgan fingerprint density at radius 3 is 2.34 bits per heavy atom. The number of sulfonamides is 1. The third-order valence-corrected chi connectivity index (χ3v) is 7.67. The van der Waals surface area contributed by atoms with Gasteiger partial charge in [-0.1, -0.05) is 41.4 Å². The van der Waals surface area contributed by atoms with Crippen molar-refractivity contribution in [3.63, 3.8) is 0 Å². The highest BCUT2D eigenvalue weighted by Crippen LogP contribution is 2.36. The van der Waals surface area contributed by atoms with Crippen molar-refractivity contribution in [2.24, 2.45) is 0 Å². The van der Waals surface area contributed by atoms with Crippen LogP contribution in [0.5, 0.6) is 5.75 Å². The number of amides is 1. The summed E-state index contributed by atoms with van der Waals surface area (Å²) in [4.78, 5) is 13.9. The Kier molecular flexibility index (Phi) is 5.37. The van der Waals surface area contributed by atoms with Crippen LogP contribution in [0.15, 0.2) is 41.3 Å². The molecule has 0 atom stereocenters. The lowest BCUT2D eigenvalue weighted by molar-refractivity contribution is 0.136. The Balaban J connectivity index is 1.53. The van der Waals surface area contributed by atoms with E-state index in [1.54, 1.807) is 4.90 Å². The monoisotopic (exact) mass is 456 g/mol. The molecule has 1 fully saturated rings. The van der Waals surface area contributed by atoms with E-state index in [0.717, 1.165) is 11.3 Å². The van der Waals surface area contributed by atoms with Crippen LogP contribution in [0.4, 0.5) is 10.5 Å². The van der Waals surface area contributed by atoms with Gasteiger partial charge in [0.15, 0.2) is 5.75 Å². The number of cyclic esters (lactones) is 1. The summed E-state index contributed by atoms with van der Waals surface area (Å²) in [6.45, 7) is 0.700. The highest BCUT2D eigenvalue weighted by Gasteiger charge is 2.37. The standard InChI is InChI=1S/C19H18Cl2N2O5S/c20-15-9-14(10-16(21)18(15)24)29(26,27)22-7-5-13(6-8-22)23-17-4-2-1-3-12(17)11-28-19(23)25/h1-4,9-10,13,24H,5-8,11H2. The van der Waals surface area contributed by atoms with Gasteiger partial charge < -0.3 is 9.84 Å². The fourth-order valence-electron chi connectivity index (χ4n) is 3.70. The minimum Gasteiger partial charge on any atom is -0.505 e. The first-order valence-electron chi connectivity index (χ1n) is 9.01. The molecule has 154 valence electrons. The Morgan fingerprint density at radius 1 is 1.07 bits per heavy atom. The molecule has 1 amide bonds. The molecular formula is C19H18Cl2N2O5S. The van der Waals surface area contributed by atoms with Crippen LogP contribution in [0.2, 0.25) is 10.0 Å². The Morgan fingerprint density at radius 2 is 1.69 bits per heavy atom. The zero-order valence-electron chi connectivity index (χ0n) is 15.2. The molecule has 10 heteroatoms. The number of carbonyl (C=O) groups excluding carboxylic acids is 1. The molecule has 0 aromatic heterocycles. The van der Waals surface area contributed by atoms with Gasteiger partial charge in [-0.3, -0.25) is 4.90 Å². The molecular weight excluding hydrogens is 439 g/mol. The number of nitrogens with zero attached hydrogens (tertiary/aromatic N) is 2. The highest BCUT2D eigenvalue weighted by atomic mass is 35.5. The fourth-order valence-corrected chi connectivity index (χ4v) is 5.84. The summed E-state index contributed by atoms with van der Waals surface area (Å²) in [5.41, 5.74) is 1.73. The molecule has 2 aliphatic heterocycles. The molecule has 1 saturated heterocycles. The second-order valence-electron chi connectivity index (χ2n) is 6.92. The van der Waals surface area contributed by atoms with Crippen molar-refractivity contribution in [3.05, 3.63) is 52.0 Å². The maximum atomic E-state index is 13.0.